The molecule has 12 nitrogen and oxygen atoms in total. The summed E-state index contributed by atoms with van der Waals surface area (Å²) in [6.07, 6.45) is -0.653. The van der Waals surface area contributed by atoms with Crippen LogP contribution in [0.15, 0.2) is 6.07 Å². The van der Waals surface area contributed by atoms with Crippen LogP contribution in [0.3, 0.4) is 0 Å². The first-order valence-corrected chi connectivity index (χ1v) is 14.8. The van der Waals surface area contributed by atoms with Gasteiger partial charge in [0.2, 0.25) is 0 Å². The van der Waals surface area contributed by atoms with E-state index in [-0.39, 0.29) is 35.4 Å². The quantitative estimate of drug-likeness (QED) is 0.254. The molecule has 226 valence electrons. The van der Waals surface area contributed by atoms with E-state index < -0.39 is 53.6 Å². The van der Waals surface area contributed by atoms with Gasteiger partial charge in [0.15, 0.2) is 23.0 Å². The van der Waals surface area contributed by atoms with Crippen LogP contribution in [0.25, 0.3) is 0 Å². The number of fused-ring (bicyclic) bond motifs is 7. The lowest BCUT2D eigenvalue weighted by atomic mass is 9.74. The molecule has 0 aromatic heterocycles. The number of carbonyl (C=O) groups excluding carboxylic acids is 2. The molecule has 6 rings (SSSR count). The summed E-state index contributed by atoms with van der Waals surface area (Å²) in [5, 5.41) is 38.0. The van der Waals surface area contributed by atoms with E-state index in [0.29, 0.717) is 34.4 Å². The number of aliphatic hydroxyl groups excluding tert-OH is 1. The van der Waals surface area contributed by atoms with Gasteiger partial charge in [0.25, 0.3) is 0 Å². The van der Waals surface area contributed by atoms with Crippen molar-refractivity contribution < 1.29 is 43.9 Å². The molecule has 2 aromatic carbocycles. The maximum atomic E-state index is 12.8. The molecule has 42 heavy (non-hydrogen) atoms. The van der Waals surface area contributed by atoms with E-state index in [9.17, 15) is 24.9 Å². The highest BCUT2D eigenvalue weighted by Gasteiger charge is 2.58. The Hall–Kier alpha value is -3.23. The minimum atomic E-state index is -1.07. The van der Waals surface area contributed by atoms with Crippen LogP contribution in [0.5, 0.6) is 28.7 Å². The molecular weight excluding hydrogens is 566 g/mol. The lowest BCUT2D eigenvalue weighted by molar-refractivity contribution is -0.159. The van der Waals surface area contributed by atoms with Gasteiger partial charge in [-0.3, -0.25) is 14.5 Å². The van der Waals surface area contributed by atoms with Gasteiger partial charge in [-0.15, -0.1) is 11.8 Å². The highest BCUT2D eigenvalue weighted by Crippen LogP contribution is 2.61. The largest absolute Gasteiger partial charge is 0.504 e. The first kappa shape index (κ1) is 28.9. The molecule has 7 atom stereocenters. The minimum absolute atomic E-state index is 0.00933. The molecule has 4 heterocycles. The van der Waals surface area contributed by atoms with Crippen LogP contribution in [0.4, 0.5) is 0 Å². The summed E-state index contributed by atoms with van der Waals surface area (Å²) in [6.45, 7) is 4.61. The van der Waals surface area contributed by atoms with Crippen LogP contribution in [-0.4, -0.2) is 83.1 Å². The number of aliphatic hydroxyl groups is 1. The third-order valence-electron chi connectivity index (χ3n) is 8.83. The lowest BCUT2D eigenvalue weighted by Gasteiger charge is -2.59. The molecule has 6 N–H and O–H groups in total. The van der Waals surface area contributed by atoms with Gasteiger partial charge in [-0.1, -0.05) is 6.07 Å². The Morgan fingerprint density at radius 1 is 1.12 bits per heavy atom. The monoisotopic (exact) mass is 601 g/mol. The number of nitrogens with zero attached hydrogens (tertiary/aromatic N) is 1. The van der Waals surface area contributed by atoms with E-state index in [2.05, 4.69) is 5.32 Å². The summed E-state index contributed by atoms with van der Waals surface area (Å²) in [4.78, 5) is 27.0. The topological polar surface area (TPSA) is 173 Å². The number of carbonyl (C=O) groups is 2. The van der Waals surface area contributed by atoms with Crippen LogP contribution in [0, 0.1) is 13.8 Å². The molecule has 0 aliphatic carbocycles. The number of nitrogens with one attached hydrogen (secondary N) is 1. The third kappa shape index (κ3) is 4.13. The first-order chi connectivity index (χ1) is 20.0. The molecule has 0 spiro atoms. The van der Waals surface area contributed by atoms with E-state index in [1.54, 1.807) is 6.92 Å². The van der Waals surface area contributed by atoms with Gasteiger partial charge in [-0.25, -0.2) is 0 Å². The van der Waals surface area contributed by atoms with Crippen molar-refractivity contribution >= 4 is 23.7 Å². The van der Waals surface area contributed by atoms with Crippen molar-refractivity contribution in [3.8, 4) is 28.7 Å². The number of methoxy groups -OCH3 is 2. The molecule has 2 aromatic rings. The van der Waals surface area contributed by atoms with Gasteiger partial charge in [-0.05, 0) is 31.4 Å². The maximum Gasteiger partial charge on any atom is 0.323 e. The number of phenolic OH excluding ortho intramolecular Hbond substituents is 2. The Labute approximate surface area is 247 Å². The number of thioether (sulfide) groups is 1. The fourth-order valence-corrected chi connectivity index (χ4v) is 8.65. The average Bonchev–Trinajstić information content (AvgIpc) is 2.94. The molecule has 2 fully saturated rings. The van der Waals surface area contributed by atoms with E-state index >= 15 is 0 Å². The molecule has 0 amide bonds. The number of cyclic esters (lactones) is 1. The first-order valence-electron chi connectivity index (χ1n) is 13.8. The summed E-state index contributed by atoms with van der Waals surface area (Å²) in [6, 6.07) is -1.35. The zero-order valence-electron chi connectivity index (χ0n) is 24.0. The number of piperazine rings is 1. The van der Waals surface area contributed by atoms with E-state index in [1.807, 2.05) is 17.9 Å². The zero-order chi connectivity index (χ0) is 30.2. The molecule has 4 aliphatic heterocycles. The summed E-state index contributed by atoms with van der Waals surface area (Å²) in [5.74, 6) is -0.486. The van der Waals surface area contributed by atoms with E-state index in [1.165, 1.54) is 32.9 Å². The summed E-state index contributed by atoms with van der Waals surface area (Å²) in [5.41, 5.74) is 9.80. The summed E-state index contributed by atoms with van der Waals surface area (Å²) < 4.78 is 22.6. The van der Waals surface area contributed by atoms with Crippen molar-refractivity contribution in [3.05, 3.63) is 39.4 Å². The number of nitrogens with two attached hydrogens (primary N) is 1. The number of ether oxygens (including phenoxy) is 4. The van der Waals surface area contributed by atoms with E-state index in [0.717, 1.165) is 11.1 Å². The smallest absolute Gasteiger partial charge is 0.323 e. The number of rotatable bonds is 3. The second-order valence-electron chi connectivity index (χ2n) is 11.2. The number of hydrogen-bond donors (Lipinski definition) is 5. The Bertz CT molecular complexity index is 1480. The van der Waals surface area contributed by atoms with Gasteiger partial charge >= 0.3 is 11.9 Å². The molecule has 0 radical (unpaired) electrons. The normalized spacial score (nSPS) is 30.0. The van der Waals surface area contributed by atoms with Crippen LogP contribution in [0.1, 0.15) is 57.6 Å². The average molecular weight is 602 g/mol. The van der Waals surface area contributed by atoms with Crippen molar-refractivity contribution in [2.75, 3.05) is 26.6 Å². The van der Waals surface area contributed by atoms with Gasteiger partial charge < -0.3 is 45.3 Å². The van der Waals surface area contributed by atoms with Crippen molar-refractivity contribution in [2.24, 2.45) is 5.73 Å². The third-order valence-corrected chi connectivity index (χ3v) is 10.3. The second kappa shape index (κ2) is 10.5. The van der Waals surface area contributed by atoms with Crippen LogP contribution in [0.2, 0.25) is 0 Å². The molecule has 13 heteroatoms. The van der Waals surface area contributed by atoms with Crippen molar-refractivity contribution in [1.82, 2.24) is 10.2 Å². The SMILES string of the molecule is COc1c(C)cc2c(c1O)[C@@H]1N[C@H](C2)[C@H](O)N2[C@H]1[C@@H]1SC[C@H](N)C(=O)OC[C@H]2c2c(O)c(OC)c(C)c(OC(C)=O)c21. The van der Waals surface area contributed by atoms with Crippen molar-refractivity contribution in [2.45, 2.75) is 68.9 Å². The highest BCUT2D eigenvalue weighted by molar-refractivity contribution is 7.99. The standard InChI is InChI=1S/C29H35N3O9S/c1-10-6-13-7-15-28(36)32-16-8-40-29(37)14(30)9-42-27(21(32)20(31-15)17(13)22(34)24(10)38-4)19-18(16)23(35)26(39-5)11(2)25(19)41-12(3)33/h6,14-16,20-21,27-28,31,34-36H,7-9,30H2,1-5H3/t14-,15+,16-,20-,21+,27+,28-/m0/s1. The molecule has 4 aliphatic rings. The maximum absolute atomic E-state index is 12.8. The minimum Gasteiger partial charge on any atom is -0.504 e. The Kier molecular flexibility index (Phi) is 7.21. The fourth-order valence-electron chi connectivity index (χ4n) is 7.20. The number of hydrogen-bond acceptors (Lipinski definition) is 13. The second-order valence-corrected chi connectivity index (χ2v) is 12.4. The van der Waals surface area contributed by atoms with Crippen LogP contribution >= 0.6 is 11.8 Å². The van der Waals surface area contributed by atoms with Crippen LogP contribution < -0.4 is 25.3 Å². The zero-order valence-corrected chi connectivity index (χ0v) is 24.8. The van der Waals surface area contributed by atoms with Crippen LogP contribution in [-0.2, 0) is 20.7 Å². The Balaban J connectivity index is 1.67. The van der Waals surface area contributed by atoms with Gasteiger partial charge in [0.05, 0.1) is 37.6 Å². The molecule has 4 bridgehead atoms. The molecular formula is C29H35N3O9S. The van der Waals surface area contributed by atoms with E-state index in [4.69, 9.17) is 24.7 Å². The fraction of sp³-hybridized carbons (Fsp3) is 0.517. The summed E-state index contributed by atoms with van der Waals surface area (Å²) >= 11 is 1.34. The molecule has 2 saturated heterocycles. The number of aryl methyl sites for hydroxylation is 1. The Morgan fingerprint density at radius 3 is 2.48 bits per heavy atom. The highest BCUT2D eigenvalue weighted by atomic mass is 32.2. The molecule has 0 unspecified atom stereocenters. The predicted octanol–water partition coefficient (Wildman–Crippen LogP) is 1.63. The number of aromatic hydroxyl groups is 2. The number of phenols is 2. The van der Waals surface area contributed by atoms with Crippen molar-refractivity contribution in [1.29, 1.82) is 0 Å². The number of benzene rings is 2. The van der Waals surface area contributed by atoms with Gasteiger partial charge in [0.1, 0.15) is 24.6 Å². The molecule has 0 saturated carbocycles. The Morgan fingerprint density at radius 2 is 1.81 bits per heavy atom. The van der Waals surface area contributed by atoms with Gasteiger partial charge in [-0.2, -0.15) is 0 Å². The summed E-state index contributed by atoms with van der Waals surface area (Å²) in [7, 11) is 2.90. The predicted molar refractivity (Wildman–Crippen MR) is 152 cm³/mol. The van der Waals surface area contributed by atoms with Gasteiger partial charge in [0, 0.05) is 41.0 Å². The van der Waals surface area contributed by atoms with Crippen molar-refractivity contribution in [3.63, 3.8) is 0 Å². The number of esters is 2. The lowest BCUT2D eigenvalue weighted by Crippen LogP contribution is -2.69.